The van der Waals surface area contributed by atoms with Crippen LogP contribution in [-0.2, 0) is 0 Å². The molecule has 0 N–H and O–H groups in total. The van der Waals surface area contributed by atoms with Crippen molar-refractivity contribution < 1.29 is 0 Å². The van der Waals surface area contributed by atoms with Crippen LogP contribution in [0.2, 0.25) is 0 Å². The molecule has 0 radical (unpaired) electrons. The van der Waals surface area contributed by atoms with E-state index in [1.807, 2.05) is 12.3 Å². The fraction of sp³-hybridized carbons (Fsp3) is 0. The molecule has 0 aliphatic heterocycles. The second kappa shape index (κ2) is 13.6. The number of rotatable bonds is 4. The first-order chi connectivity index (χ1) is 30.3. The van der Waals surface area contributed by atoms with Gasteiger partial charge in [-0.1, -0.05) is 12.1 Å². The van der Waals surface area contributed by atoms with Crippen molar-refractivity contribution in [2.24, 2.45) is 0 Å². The standard InChI is InChI=1S/C59H35NSe/c1-2-14-38-33-39(28-26-36(38)13-1)55-46-20-7-9-22-48(46)58(49-23-10-8-21-47(49)55)50-24-11-25-54-59(50)51-34-40(30-31-53(51)61-54)56-42-16-3-5-18-44(42)57(45-19-6-4-17-43(45)56)41-29-27-37-15-12-32-60-52(37)35-41/h1-35H. The molecular weight excluding hydrogens is 802 g/mol. The SMILES string of the molecule is c1ccc2cc(-c3c4ccccc4c(-c4cccc5[se]c6ccc(-c7c8ccccc8c(-c8ccc9cccnc9c8)c8ccccc78)cc6c45)c4ccccc34)ccc2c1. The number of pyridine rings is 1. The van der Waals surface area contributed by atoms with Crippen LogP contribution in [0.15, 0.2) is 212 Å². The van der Waals surface area contributed by atoms with Crippen LogP contribution in [0.1, 0.15) is 0 Å². The summed E-state index contributed by atoms with van der Waals surface area (Å²) in [5.74, 6) is 0. The molecular formula is C59H35NSe. The van der Waals surface area contributed by atoms with E-state index in [0.717, 1.165) is 10.9 Å². The van der Waals surface area contributed by atoms with E-state index in [1.54, 1.807) is 0 Å². The summed E-state index contributed by atoms with van der Waals surface area (Å²) in [7, 11) is 0. The Morgan fingerprint density at radius 1 is 0.295 bits per heavy atom. The topological polar surface area (TPSA) is 12.9 Å². The Kier molecular flexibility index (Phi) is 7.69. The molecule has 2 heteroatoms. The van der Waals surface area contributed by atoms with Gasteiger partial charge >= 0.3 is 336 Å². The molecule has 0 fully saturated rings. The Bertz CT molecular complexity index is 3830. The molecule has 0 amide bonds. The fourth-order valence-corrected chi connectivity index (χ4v) is 12.6. The van der Waals surface area contributed by atoms with Crippen LogP contribution in [0, 0.1) is 0 Å². The number of hydrogen-bond donors (Lipinski definition) is 0. The van der Waals surface area contributed by atoms with Crippen LogP contribution in [0.5, 0.6) is 0 Å². The third-order valence-corrected chi connectivity index (χ3v) is 15.2. The minimum atomic E-state index is 0.188. The predicted octanol–water partition coefficient (Wildman–Crippen LogP) is 16.0. The van der Waals surface area contributed by atoms with Crippen molar-refractivity contribution in [3.8, 4) is 44.5 Å². The van der Waals surface area contributed by atoms with E-state index in [1.165, 1.54) is 118 Å². The summed E-state index contributed by atoms with van der Waals surface area (Å²) in [5, 5.41) is 16.5. The Morgan fingerprint density at radius 2 is 0.770 bits per heavy atom. The van der Waals surface area contributed by atoms with Gasteiger partial charge in [0.25, 0.3) is 0 Å². The molecule has 0 saturated heterocycles. The molecule has 0 atom stereocenters. The van der Waals surface area contributed by atoms with Crippen molar-refractivity contribution in [3.05, 3.63) is 212 Å². The number of fused-ring (bicyclic) bond motifs is 9. The number of aromatic nitrogens is 1. The second-order valence-corrected chi connectivity index (χ2v) is 18.4. The van der Waals surface area contributed by atoms with Crippen LogP contribution in [-0.4, -0.2) is 19.5 Å². The molecule has 2 heterocycles. The van der Waals surface area contributed by atoms with E-state index in [9.17, 15) is 0 Å². The van der Waals surface area contributed by atoms with Crippen LogP contribution < -0.4 is 0 Å². The third-order valence-electron chi connectivity index (χ3n) is 12.8. The Labute approximate surface area is 358 Å². The van der Waals surface area contributed by atoms with Crippen LogP contribution in [0.25, 0.3) is 129 Å². The van der Waals surface area contributed by atoms with Gasteiger partial charge in [-0.15, -0.1) is 0 Å². The van der Waals surface area contributed by atoms with Gasteiger partial charge in [0.2, 0.25) is 0 Å². The van der Waals surface area contributed by atoms with Gasteiger partial charge in [-0.3, -0.25) is 0 Å². The quantitative estimate of drug-likeness (QED) is 0.127. The summed E-state index contributed by atoms with van der Waals surface area (Å²) in [6.45, 7) is 0. The monoisotopic (exact) mass is 837 g/mol. The fourth-order valence-electron chi connectivity index (χ4n) is 10.2. The molecule has 0 spiro atoms. The molecule has 11 aromatic carbocycles. The van der Waals surface area contributed by atoms with Gasteiger partial charge in [-0.2, -0.15) is 0 Å². The van der Waals surface area contributed by atoms with Gasteiger partial charge in [0.15, 0.2) is 0 Å². The van der Waals surface area contributed by atoms with E-state index in [-0.39, 0.29) is 14.5 Å². The molecule has 0 aliphatic carbocycles. The van der Waals surface area contributed by atoms with Crippen molar-refractivity contribution in [1.82, 2.24) is 4.98 Å². The summed E-state index contributed by atoms with van der Waals surface area (Å²) in [6.07, 6.45) is 1.89. The third kappa shape index (κ3) is 5.30. The first kappa shape index (κ1) is 34.5. The summed E-state index contributed by atoms with van der Waals surface area (Å²) < 4.78 is 2.88. The average molecular weight is 837 g/mol. The Morgan fingerprint density at radius 3 is 1.38 bits per heavy atom. The molecule has 0 aliphatic rings. The van der Waals surface area contributed by atoms with E-state index in [4.69, 9.17) is 4.98 Å². The first-order valence-electron chi connectivity index (χ1n) is 20.9. The van der Waals surface area contributed by atoms with Gasteiger partial charge in [0.1, 0.15) is 0 Å². The second-order valence-electron chi connectivity index (χ2n) is 16.1. The molecule has 13 aromatic rings. The molecule has 0 saturated carbocycles. The maximum absolute atomic E-state index is 4.74. The number of nitrogens with zero attached hydrogens (tertiary/aromatic N) is 1. The maximum atomic E-state index is 4.74. The molecule has 0 bridgehead atoms. The molecule has 61 heavy (non-hydrogen) atoms. The van der Waals surface area contributed by atoms with Gasteiger partial charge in [-0.05, 0) is 6.07 Å². The Hall–Kier alpha value is -7.35. The van der Waals surface area contributed by atoms with E-state index >= 15 is 0 Å². The molecule has 2 aromatic heterocycles. The average Bonchev–Trinajstić information content (AvgIpc) is 3.70. The summed E-state index contributed by atoms with van der Waals surface area (Å²) in [6, 6.07) is 76.9. The van der Waals surface area contributed by atoms with Crippen LogP contribution in [0.3, 0.4) is 0 Å². The molecule has 13 rings (SSSR count). The van der Waals surface area contributed by atoms with Crippen molar-refractivity contribution in [2.75, 3.05) is 0 Å². The van der Waals surface area contributed by atoms with Crippen molar-refractivity contribution >= 4 is 98.6 Å². The van der Waals surface area contributed by atoms with E-state index in [0.29, 0.717) is 0 Å². The zero-order valence-electron chi connectivity index (χ0n) is 33.1. The number of benzene rings is 11. The number of hydrogen-bond acceptors (Lipinski definition) is 1. The van der Waals surface area contributed by atoms with Crippen LogP contribution in [0.4, 0.5) is 0 Å². The van der Waals surface area contributed by atoms with Gasteiger partial charge in [0, 0.05) is 6.20 Å². The molecule has 1 nitrogen and oxygen atoms in total. The predicted molar refractivity (Wildman–Crippen MR) is 263 cm³/mol. The molecule has 282 valence electrons. The summed E-state index contributed by atoms with van der Waals surface area (Å²) in [4.78, 5) is 4.74. The van der Waals surface area contributed by atoms with E-state index in [2.05, 4.69) is 200 Å². The Balaban J connectivity index is 1.08. The van der Waals surface area contributed by atoms with Gasteiger partial charge in [-0.25, -0.2) is 0 Å². The van der Waals surface area contributed by atoms with E-state index < -0.39 is 0 Å². The molecule has 0 unspecified atom stereocenters. The summed E-state index contributed by atoms with van der Waals surface area (Å²) >= 11 is 0.188. The minimum absolute atomic E-state index is 0.188. The zero-order valence-corrected chi connectivity index (χ0v) is 34.8. The van der Waals surface area contributed by atoms with Gasteiger partial charge in [0.05, 0.1) is 0 Å². The van der Waals surface area contributed by atoms with Gasteiger partial charge < -0.3 is 0 Å². The first-order valence-corrected chi connectivity index (χ1v) is 22.7. The normalized spacial score (nSPS) is 11.9. The van der Waals surface area contributed by atoms with Crippen LogP contribution >= 0.6 is 0 Å². The van der Waals surface area contributed by atoms with Crippen molar-refractivity contribution in [3.63, 3.8) is 0 Å². The van der Waals surface area contributed by atoms with Crippen molar-refractivity contribution in [1.29, 1.82) is 0 Å². The van der Waals surface area contributed by atoms with Crippen molar-refractivity contribution in [2.45, 2.75) is 0 Å². The summed E-state index contributed by atoms with van der Waals surface area (Å²) in [5.41, 5.74) is 11.1. The zero-order chi connectivity index (χ0) is 40.0.